The van der Waals surface area contributed by atoms with Crippen molar-refractivity contribution >= 4 is 43.7 Å². The summed E-state index contributed by atoms with van der Waals surface area (Å²) in [5, 5.41) is 0. The summed E-state index contributed by atoms with van der Waals surface area (Å²) in [6.45, 7) is 3.52. The van der Waals surface area contributed by atoms with Gasteiger partial charge >= 0.3 is 27.6 Å². The molecule has 1 fully saturated rings. The Morgan fingerprint density at radius 3 is 2.12 bits per heavy atom. The quantitative estimate of drug-likeness (QED) is 0.266. The highest BCUT2D eigenvalue weighted by Gasteiger charge is 2.54. The summed E-state index contributed by atoms with van der Waals surface area (Å²) >= 11 is 0. The molecule has 3 atom stereocenters. The molecule has 222 valence electrons. The maximum absolute atomic E-state index is 14.0. The SMILES string of the molecule is CC(=O)O[C@@H]1C[C@H]2[C@@H](OC(C)=O)N(S(=O)(=O)c3ccc(C)cc3)C(=O)c3c(OS(=O)(=O)C(F)(F)F)cccc3N2C1. The molecule has 0 radical (unpaired) electrons. The number of hydrogen-bond acceptors (Lipinski definition) is 11. The summed E-state index contributed by atoms with van der Waals surface area (Å²) in [6.07, 6.45) is -3.01. The fraction of sp³-hybridized carbons (Fsp3) is 0.375. The Morgan fingerprint density at radius 1 is 0.951 bits per heavy atom. The molecule has 1 saturated heterocycles. The minimum atomic E-state index is -6.30. The van der Waals surface area contributed by atoms with E-state index < -0.39 is 78.1 Å². The van der Waals surface area contributed by atoms with Gasteiger partial charge in [0.2, 0.25) is 6.23 Å². The Labute approximate surface area is 232 Å². The number of benzene rings is 2. The van der Waals surface area contributed by atoms with Crippen LogP contribution in [0.25, 0.3) is 0 Å². The Kier molecular flexibility index (Phi) is 7.72. The standard InChI is InChI=1S/C24H23F3N2O10S2/c1-13-7-9-17(10-8-13)40(33,34)29-22(32)21-18(5-4-6-20(21)39-41(35,36)24(25,26)27)28-12-16(37-14(2)30)11-19(28)23(29)38-15(3)31/h4-10,16,19,23H,11-12H2,1-3H3/t16-,19+,23-/m1/s1. The number of esters is 2. The molecule has 0 aromatic heterocycles. The number of carbonyl (C=O) groups excluding carboxylic acids is 3. The molecule has 0 saturated carbocycles. The lowest BCUT2D eigenvalue weighted by Crippen LogP contribution is -2.53. The number of alkyl halides is 3. The van der Waals surface area contributed by atoms with Gasteiger partial charge in [0.15, 0.2) is 5.75 Å². The van der Waals surface area contributed by atoms with E-state index in [0.29, 0.717) is 5.56 Å². The van der Waals surface area contributed by atoms with Crippen LogP contribution in [0, 0.1) is 6.92 Å². The zero-order valence-electron chi connectivity index (χ0n) is 21.6. The van der Waals surface area contributed by atoms with E-state index in [4.69, 9.17) is 9.47 Å². The van der Waals surface area contributed by atoms with Crippen molar-refractivity contribution in [1.82, 2.24) is 4.31 Å². The van der Waals surface area contributed by atoms with E-state index in [1.807, 2.05) is 0 Å². The highest BCUT2D eigenvalue weighted by atomic mass is 32.2. The van der Waals surface area contributed by atoms with E-state index in [0.717, 1.165) is 26.0 Å². The van der Waals surface area contributed by atoms with Gasteiger partial charge in [-0.15, -0.1) is 0 Å². The molecule has 0 N–H and O–H groups in total. The number of aryl methyl sites for hydroxylation is 1. The predicted molar refractivity (Wildman–Crippen MR) is 133 cm³/mol. The summed E-state index contributed by atoms with van der Waals surface area (Å²) in [4.78, 5) is 38.8. The summed E-state index contributed by atoms with van der Waals surface area (Å²) < 4.78 is 106. The number of hydrogen-bond donors (Lipinski definition) is 0. The summed E-state index contributed by atoms with van der Waals surface area (Å²) in [5.41, 5.74) is -6.32. The first-order chi connectivity index (χ1) is 18.9. The van der Waals surface area contributed by atoms with Crippen molar-refractivity contribution in [1.29, 1.82) is 0 Å². The number of rotatable bonds is 6. The molecule has 0 spiro atoms. The van der Waals surface area contributed by atoms with Crippen molar-refractivity contribution in [3.63, 3.8) is 0 Å². The van der Waals surface area contributed by atoms with Gasteiger partial charge < -0.3 is 18.6 Å². The number of anilines is 1. The van der Waals surface area contributed by atoms with Crippen LogP contribution in [0.1, 0.15) is 36.2 Å². The Balaban J connectivity index is 2.00. The molecular formula is C24H23F3N2O10S2. The Hall–Kier alpha value is -3.86. The van der Waals surface area contributed by atoms with Crippen molar-refractivity contribution < 1.29 is 58.0 Å². The second-order valence-corrected chi connectivity index (χ2v) is 12.6. The van der Waals surface area contributed by atoms with E-state index in [2.05, 4.69) is 4.18 Å². The van der Waals surface area contributed by atoms with Crippen LogP contribution in [0.4, 0.5) is 18.9 Å². The molecule has 2 aromatic carbocycles. The van der Waals surface area contributed by atoms with Gasteiger partial charge in [0.1, 0.15) is 11.7 Å². The van der Waals surface area contributed by atoms with Gasteiger partial charge in [-0.25, -0.2) is 8.42 Å². The van der Waals surface area contributed by atoms with E-state index >= 15 is 0 Å². The van der Waals surface area contributed by atoms with Crippen molar-refractivity contribution in [2.75, 3.05) is 11.4 Å². The largest absolute Gasteiger partial charge is 0.534 e. The summed E-state index contributed by atoms with van der Waals surface area (Å²) in [5.74, 6) is -4.35. The van der Waals surface area contributed by atoms with Gasteiger partial charge in [0, 0.05) is 20.3 Å². The first-order valence-electron chi connectivity index (χ1n) is 11.8. The first-order valence-corrected chi connectivity index (χ1v) is 14.7. The van der Waals surface area contributed by atoms with Gasteiger partial charge in [-0.05, 0) is 31.2 Å². The third kappa shape index (κ3) is 5.68. The molecule has 0 aliphatic carbocycles. The van der Waals surface area contributed by atoms with Crippen LogP contribution in [0.5, 0.6) is 5.75 Å². The zero-order valence-corrected chi connectivity index (χ0v) is 23.2. The van der Waals surface area contributed by atoms with Crippen LogP contribution in [0.3, 0.4) is 0 Å². The lowest BCUT2D eigenvalue weighted by molar-refractivity contribution is -0.153. The van der Waals surface area contributed by atoms with Crippen LogP contribution >= 0.6 is 0 Å². The minimum Gasteiger partial charge on any atom is -0.461 e. The summed E-state index contributed by atoms with van der Waals surface area (Å²) in [7, 11) is -11.2. The molecule has 1 amide bonds. The van der Waals surface area contributed by atoms with Crippen LogP contribution in [-0.2, 0) is 39.2 Å². The molecule has 2 aliphatic heterocycles. The Bertz CT molecular complexity index is 1610. The maximum atomic E-state index is 14.0. The number of sulfonamides is 1. The monoisotopic (exact) mass is 620 g/mol. The predicted octanol–water partition coefficient (Wildman–Crippen LogP) is 2.47. The highest BCUT2D eigenvalue weighted by molar-refractivity contribution is 7.89. The van der Waals surface area contributed by atoms with Crippen molar-refractivity contribution in [3.8, 4) is 5.75 Å². The fourth-order valence-corrected chi connectivity index (χ4v) is 6.59. The van der Waals surface area contributed by atoms with Crippen LogP contribution in [0.15, 0.2) is 47.4 Å². The van der Waals surface area contributed by atoms with Crippen molar-refractivity contribution in [3.05, 3.63) is 53.6 Å². The van der Waals surface area contributed by atoms with Gasteiger partial charge in [-0.3, -0.25) is 14.4 Å². The smallest absolute Gasteiger partial charge is 0.461 e. The normalized spacial score (nSPS) is 21.0. The molecular weight excluding hydrogens is 597 g/mol. The lowest BCUT2D eigenvalue weighted by Gasteiger charge is -2.34. The van der Waals surface area contributed by atoms with Crippen molar-refractivity contribution in [2.24, 2.45) is 0 Å². The maximum Gasteiger partial charge on any atom is 0.534 e. The van der Waals surface area contributed by atoms with Gasteiger partial charge in [-0.1, -0.05) is 23.8 Å². The number of halogens is 3. The second kappa shape index (κ2) is 10.5. The first kappa shape index (κ1) is 30.1. The molecule has 41 heavy (non-hydrogen) atoms. The highest BCUT2D eigenvalue weighted by Crippen LogP contribution is 2.43. The number of carbonyl (C=O) groups is 3. The number of nitrogens with zero attached hydrogens (tertiary/aromatic N) is 2. The van der Waals surface area contributed by atoms with E-state index in [1.54, 1.807) is 6.92 Å². The molecule has 4 rings (SSSR count). The molecule has 12 nitrogen and oxygen atoms in total. The summed E-state index contributed by atoms with van der Waals surface area (Å²) in [6, 6.07) is 7.03. The molecule has 2 heterocycles. The van der Waals surface area contributed by atoms with E-state index in [-0.39, 0.29) is 23.0 Å². The molecule has 0 bridgehead atoms. The fourth-order valence-electron chi connectivity index (χ4n) is 4.65. The number of ether oxygens (including phenoxy) is 2. The Morgan fingerprint density at radius 2 is 1.56 bits per heavy atom. The third-order valence-corrected chi connectivity index (χ3v) is 9.00. The van der Waals surface area contributed by atoms with Crippen LogP contribution in [-0.4, -0.2) is 69.4 Å². The van der Waals surface area contributed by atoms with Crippen LogP contribution < -0.4 is 9.08 Å². The third-order valence-electron chi connectivity index (χ3n) is 6.27. The van der Waals surface area contributed by atoms with Gasteiger partial charge in [-0.2, -0.15) is 25.9 Å². The molecule has 2 aliphatic rings. The number of amides is 1. The lowest BCUT2D eigenvalue weighted by atomic mass is 10.1. The molecule has 17 heteroatoms. The topological polar surface area (TPSA) is 154 Å². The second-order valence-electron chi connectivity index (χ2n) is 9.24. The molecule has 2 aromatic rings. The van der Waals surface area contributed by atoms with Gasteiger partial charge in [0.05, 0.1) is 23.2 Å². The van der Waals surface area contributed by atoms with Crippen molar-refractivity contribution in [2.45, 2.75) is 56.0 Å². The van der Waals surface area contributed by atoms with Gasteiger partial charge in [0.25, 0.3) is 15.9 Å². The zero-order chi connectivity index (χ0) is 30.5. The van der Waals surface area contributed by atoms with E-state index in [1.165, 1.54) is 35.2 Å². The van der Waals surface area contributed by atoms with Crippen LogP contribution in [0.2, 0.25) is 0 Å². The average Bonchev–Trinajstić information content (AvgIpc) is 3.21. The number of fused-ring (bicyclic) bond motifs is 3. The molecule has 0 unspecified atom stereocenters. The van der Waals surface area contributed by atoms with E-state index in [9.17, 15) is 44.4 Å². The minimum absolute atomic E-state index is 0.171. The average molecular weight is 621 g/mol.